The monoisotopic (exact) mass is 305 g/mol. The van der Waals surface area contributed by atoms with Crippen molar-refractivity contribution in [3.63, 3.8) is 0 Å². The van der Waals surface area contributed by atoms with Crippen molar-refractivity contribution in [2.75, 3.05) is 46.1 Å². The van der Waals surface area contributed by atoms with Gasteiger partial charge in [-0.2, -0.15) is 0 Å². The third kappa shape index (κ3) is 2.79. The molecule has 4 rings (SSSR count). The summed E-state index contributed by atoms with van der Waals surface area (Å²) in [5.74, 6) is 1.70. The summed E-state index contributed by atoms with van der Waals surface area (Å²) in [7, 11) is 0. The van der Waals surface area contributed by atoms with Gasteiger partial charge in [-0.15, -0.1) is 0 Å². The van der Waals surface area contributed by atoms with Gasteiger partial charge >= 0.3 is 0 Å². The lowest BCUT2D eigenvalue weighted by Crippen LogP contribution is -2.53. The molecule has 2 N–H and O–H groups in total. The Balaban J connectivity index is 1.32. The van der Waals surface area contributed by atoms with E-state index >= 15 is 0 Å². The standard InChI is InChI=1S/C16H23N3O3/c20-14-9-17-8-13(14)19-5-3-18(4-6-19)10-12-1-2-15-16(7-12)22-11-21-15/h1-2,7,13-14,17,20H,3-6,8-11H2/t13?,14-/m1/s1. The van der Waals surface area contributed by atoms with Gasteiger partial charge in [-0.3, -0.25) is 9.80 Å². The van der Waals surface area contributed by atoms with Crippen LogP contribution in [0, 0.1) is 0 Å². The minimum atomic E-state index is -0.222. The maximum atomic E-state index is 9.99. The van der Waals surface area contributed by atoms with Crippen molar-refractivity contribution >= 4 is 0 Å². The first kappa shape index (κ1) is 14.3. The molecule has 3 aliphatic rings. The molecule has 3 aliphatic heterocycles. The molecule has 6 nitrogen and oxygen atoms in total. The van der Waals surface area contributed by atoms with Crippen LogP contribution in [0.3, 0.4) is 0 Å². The van der Waals surface area contributed by atoms with Gasteiger partial charge < -0.3 is 19.9 Å². The molecule has 0 radical (unpaired) electrons. The number of nitrogens with one attached hydrogen (secondary N) is 1. The van der Waals surface area contributed by atoms with Crippen LogP contribution in [-0.4, -0.2) is 73.1 Å². The first-order chi connectivity index (χ1) is 10.8. The number of hydrogen-bond acceptors (Lipinski definition) is 6. The number of aliphatic hydroxyl groups excluding tert-OH is 1. The van der Waals surface area contributed by atoms with Gasteiger partial charge in [-0.05, 0) is 17.7 Å². The van der Waals surface area contributed by atoms with Crippen LogP contribution >= 0.6 is 0 Å². The van der Waals surface area contributed by atoms with E-state index in [-0.39, 0.29) is 12.1 Å². The molecule has 1 aromatic carbocycles. The maximum absolute atomic E-state index is 9.99. The fourth-order valence-electron chi connectivity index (χ4n) is 3.57. The molecule has 22 heavy (non-hydrogen) atoms. The molecular weight excluding hydrogens is 282 g/mol. The average molecular weight is 305 g/mol. The van der Waals surface area contributed by atoms with E-state index in [0.29, 0.717) is 6.79 Å². The Kier molecular flexibility index (Phi) is 3.92. The van der Waals surface area contributed by atoms with E-state index in [9.17, 15) is 5.11 Å². The van der Waals surface area contributed by atoms with E-state index in [1.165, 1.54) is 5.56 Å². The summed E-state index contributed by atoms with van der Waals surface area (Å²) >= 11 is 0. The molecule has 0 aromatic heterocycles. The highest BCUT2D eigenvalue weighted by Gasteiger charge is 2.32. The molecule has 6 heteroatoms. The molecule has 2 fully saturated rings. The summed E-state index contributed by atoms with van der Waals surface area (Å²) in [5.41, 5.74) is 1.26. The van der Waals surface area contributed by atoms with Crippen molar-refractivity contribution in [3.05, 3.63) is 23.8 Å². The fourth-order valence-corrected chi connectivity index (χ4v) is 3.57. The van der Waals surface area contributed by atoms with Crippen molar-refractivity contribution in [1.82, 2.24) is 15.1 Å². The molecule has 1 unspecified atom stereocenters. The molecule has 120 valence electrons. The number of aliphatic hydroxyl groups is 1. The van der Waals surface area contributed by atoms with Crippen LogP contribution in [0.1, 0.15) is 5.56 Å². The van der Waals surface area contributed by atoms with Crippen LogP contribution in [0.15, 0.2) is 18.2 Å². The number of rotatable bonds is 3. The van der Waals surface area contributed by atoms with E-state index in [0.717, 1.165) is 57.3 Å². The minimum absolute atomic E-state index is 0.222. The van der Waals surface area contributed by atoms with E-state index < -0.39 is 0 Å². The first-order valence-electron chi connectivity index (χ1n) is 8.03. The number of nitrogens with zero attached hydrogens (tertiary/aromatic N) is 2. The second-order valence-electron chi connectivity index (χ2n) is 6.29. The van der Waals surface area contributed by atoms with Crippen LogP contribution < -0.4 is 14.8 Å². The highest BCUT2D eigenvalue weighted by molar-refractivity contribution is 5.44. The number of piperazine rings is 1. The third-order valence-electron chi connectivity index (χ3n) is 4.87. The van der Waals surface area contributed by atoms with Crippen molar-refractivity contribution in [1.29, 1.82) is 0 Å². The van der Waals surface area contributed by atoms with E-state index in [1.807, 2.05) is 6.07 Å². The fraction of sp³-hybridized carbons (Fsp3) is 0.625. The van der Waals surface area contributed by atoms with Crippen molar-refractivity contribution in [3.8, 4) is 11.5 Å². The first-order valence-corrected chi connectivity index (χ1v) is 8.03. The number of β-amino-alcohol motifs (C(OH)–C–C–N with tert-alkyl or cyclic N) is 1. The lowest BCUT2D eigenvalue weighted by atomic mass is 10.1. The molecule has 1 aromatic rings. The van der Waals surface area contributed by atoms with Gasteiger partial charge in [0, 0.05) is 51.9 Å². The molecule has 2 saturated heterocycles. The third-order valence-corrected chi connectivity index (χ3v) is 4.87. The smallest absolute Gasteiger partial charge is 0.231 e. The summed E-state index contributed by atoms with van der Waals surface area (Å²) in [6.45, 7) is 7.02. The normalized spacial score (nSPS) is 29.1. The molecule has 0 saturated carbocycles. The zero-order chi connectivity index (χ0) is 14.9. The largest absolute Gasteiger partial charge is 0.454 e. The number of ether oxygens (including phenoxy) is 2. The Bertz CT molecular complexity index is 531. The van der Waals surface area contributed by atoms with Gasteiger partial charge in [0.25, 0.3) is 0 Å². The molecule has 2 atom stereocenters. The van der Waals surface area contributed by atoms with Gasteiger partial charge in [0.2, 0.25) is 6.79 Å². The second kappa shape index (κ2) is 6.04. The lowest BCUT2D eigenvalue weighted by molar-refractivity contribution is 0.0424. The predicted molar refractivity (Wildman–Crippen MR) is 82.1 cm³/mol. The Labute approximate surface area is 130 Å². The quantitative estimate of drug-likeness (QED) is 0.811. The molecule has 3 heterocycles. The second-order valence-corrected chi connectivity index (χ2v) is 6.29. The van der Waals surface area contributed by atoms with Gasteiger partial charge in [-0.25, -0.2) is 0 Å². The van der Waals surface area contributed by atoms with Crippen molar-refractivity contribution in [2.24, 2.45) is 0 Å². The summed E-state index contributed by atoms with van der Waals surface area (Å²) in [5, 5.41) is 13.3. The van der Waals surface area contributed by atoms with Gasteiger partial charge in [0.15, 0.2) is 11.5 Å². The Morgan fingerprint density at radius 3 is 2.68 bits per heavy atom. The molecular formula is C16H23N3O3. The van der Waals surface area contributed by atoms with Gasteiger partial charge in [0.05, 0.1) is 6.10 Å². The molecule has 0 bridgehead atoms. The van der Waals surface area contributed by atoms with Gasteiger partial charge in [0.1, 0.15) is 0 Å². The predicted octanol–water partition coefficient (Wildman–Crippen LogP) is -0.134. The van der Waals surface area contributed by atoms with Crippen molar-refractivity contribution in [2.45, 2.75) is 18.7 Å². The molecule has 0 spiro atoms. The van der Waals surface area contributed by atoms with Crippen LogP contribution in [-0.2, 0) is 6.54 Å². The van der Waals surface area contributed by atoms with Crippen molar-refractivity contribution < 1.29 is 14.6 Å². The highest BCUT2D eigenvalue weighted by Crippen LogP contribution is 2.32. The lowest BCUT2D eigenvalue weighted by Gasteiger charge is -2.38. The van der Waals surface area contributed by atoms with Gasteiger partial charge in [-0.1, -0.05) is 6.07 Å². The SMILES string of the molecule is O[C@@H]1CNCC1N1CCN(Cc2ccc3c(c2)OCO3)CC1. The molecule has 0 amide bonds. The van der Waals surface area contributed by atoms with E-state index in [4.69, 9.17) is 9.47 Å². The Morgan fingerprint density at radius 1 is 1.09 bits per heavy atom. The Morgan fingerprint density at radius 2 is 1.91 bits per heavy atom. The van der Waals surface area contributed by atoms with Crippen LogP contribution in [0.4, 0.5) is 0 Å². The average Bonchev–Trinajstić information content (AvgIpc) is 3.16. The van der Waals surface area contributed by atoms with E-state index in [2.05, 4.69) is 27.2 Å². The summed E-state index contributed by atoms with van der Waals surface area (Å²) in [4.78, 5) is 4.88. The van der Waals surface area contributed by atoms with E-state index in [1.54, 1.807) is 0 Å². The number of fused-ring (bicyclic) bond motifs is 1. The maximum Gasteiger partial charge on any atom is 0.231 e. The molecule has 0 aliphatic carbocycles. The minimum Gasteiger partial charge on any atom is -0.454 e. The van der Waals surface area contributed by atoms with Crippen LogP contribution in [0.5, 0.6) is 11.5 Å². The Hall–Kier alpha value is -1.34. The van der Waals surface area contributed by atoms with Crippen LogP contribution in [0.2, 0.25) is 0 Å². The zero-order valence-corrected chi connectivity index (χ0v) is 12.7. The topological polar surface area (TPSA) is 57.2 Å². The highest BCUT2D eigenvalue weighted by atomic mass is 16.7. The summed E-state index contributed by atoms with van der Waals surface area (Å²) in [6, 6.07) is 6.48. The summed E-state index contributed by atoms with van der Waals surface area (Å²) < 4.78 is 10.8. The summed E-state index contributed by atoms with van der Waals surface area (Å²) in [6.07, 6.45) is -0.222. The number of benzene rings is 1. The van der Waals surface area contributed by atoms with Crippen LogP contribution in [0.25, 0.3) is 0 Å². The number of hydrogen-bond donors (Lipinski definition) is 2. The zero-order valence-electron chi connectivity index (χ0n) is 12.7.